The lowest BCUT2D eigenvalue weighted by Crippen LogP contribution is -2.49. The summed E-state index contributed by atoms with van der Waals surface area (Å²) in [6.45, 7) is 6.15. The molecule has 1 aliphatic heterocycles. The minimum absolute atomic E-state index is 0.0574. The first-order chi connectivity index (χ1) is 13.8. The maximum absolute atomic E-state index is 13.2. The molecule has 1 saturated heterocycles. The second-order valence-corrected chi connectivity index (χ2v) is 9.78. The minimum atomic E-state index is -0.406. The molecule has 3 rings (SSSR count). The van der Waals surface area contributed by atoms with Crippen LogP contribution in [-0.4, -0.2) is 34.4 Å². The predicted octanol–water partition coefficient (Wildman–Crippen LogP) is 4.42. The van der Waals surface area contributed by atoms with Crippen LogP contribution < -0.4 is 5.32 Å². The van der Waals surface area contributed by atoms with Crippen molar-refractivity contribution in [2.75, 3.05) is 11.6 Å². The molecule has 0 bridgehead atoms. The van der Waals surface area contributed by atoms with Crippen LogP contribution in [0.25, 0.3) is 0 Å². The Hall–Kier alpha value is -2.27. The van der Waals surface area contributed by atoms with E-state index in [9.17, 15) is 9.59 Å². The van der Waals surface area contributed by atoms with E-state index >= 15 is 0 Å². The Morgan fingerprint density at radius 3 is 2.31 bits per heavy atom. The van der Waals surface area contributed by atoms with Crippen molar-refractivity contribution in [2.24, 2.45) is 5.41 Å². The first-order valence-electron chi connectivity index (χ1n) is 10.1. The highest BCUT2D eigenvalue weighted by Gasteiger charge is 2.36. The zero-order valence-corrected chi connectivity index (χ0v) is 18.2. The zero-order chi connectivity index (χ0) is 20.9. The first kappa shape index (κ1) is 21.4. The monoisotopic (exact) mass is 410 g/mol. The highest BCUT2D eigenvalue weighted by Crippen LogP contribution is 2.27. The predicted molar refractivity (Wildman–Crippen MR) is 120 cm³/mol. The van der Waals surface area contributed by atoms with Gasteiger partial charge in [0.1, 0.15) is 6.04 Å². The van der Waals surface area contributed by atoms with E-state index in [4.69, 9.17) is 0 Å². The molecule has 2 aromatic carbocycles. The van der Waals surface area contributed by atoms with Gasteiger partial charge in [0.2, 0.25) is 11.8 Å². The number of nitrogens with one attached hydrogen (secondary N) is 1. The van der Waals surface area contributed by atoms with Crippen LogP contribution in [0.1, 0.15) is 44.4 Å². The van der Waals surface area contributed by atoms with Crippen molar-refractivity contribution in [3.8, 4) is 0 Å². The summed E-state index contributed by atoms with van der Waals surface area (Å²) in [6, 6.07) is 19.7. The number of carbonyl (C=O) groups is 2. The van der Waals surface area contributed by atoms with Gasteiger partial charge in [0, 0.05) is 12.2 Å². The van der Waals surface area contributed by atoms with Crippen LogP contribution in [0.5, 0.6) is 0 Å². The van der Waals surface area contributed by atoms with Gasteiger partial charge in [0.05, 0.1) is 11.9 Å². The fraction of sp³-hybridized carbons (Fsp3) is 0.417. The lowest BCUT2D eigenvalue weighted by Gasteiger charge is -2.28. The van der Waals surface area contributed by atoms with Gasteiger partial charge in [-0.15, -0.1) is 11.8 Å². The average Bonchev–Trinajstić information content (AvgIpc) is 3.18. The smallest absolute Gasteiger partial charge is 0.244 e. The Bertz CT molecular complexity index is 818. The van der Waals surface area contributed by atoms with Crippen molar-refractivity contribution < 1.29 is 9.59 Å². The van der Waals surface area contributed by atoms with E-state index in [1.165, 1.54) is 5.56 Å². The Balaban J connectivity index is 1.74. The molecule has 0 aliphatic carbocycles. The highest BCUT2D eigenvalue weighted by molar-refractivity contribution is 7.99. The molecule has 0 aromatic heterocycles. The number of benzene rings is 2. The molecule has 2 aromatic rings. The summed E-state index contributed by atoms with van der Waals surface area (Å²) in [5.74, 6) is 1.22. The molecule has 29 heavy (non-hydrogen) atoms. The summed E-state index contributed by atoms with van der Waals surface area (Å²) in [7, 11) is 0. The van der Waals surface area contributed by atoms with Gasteiger partial charge in [-0.3, -0.25) is 9.59 Å². The second kappa shape index (κ2) is 9.49. The van der Waals surface area contributed by atoms with E-state index < -0.39 is 6.04 Å². The normalized spacial score (nSPS) is 17.8. The Morgan fingerprint density at radius 1 is 1.07 bits per heavy atom. The Kier molecular flexibility index (Phi) is 7.01. The van der Waals surface area contributed by atoms with E-state index in [1.54, 1.807) is 16.7 Å². The van der Waals surface area contributed by atoms with Crippen molar-refractivity contribution in [1.82, 2.24) is 10.2 Å². The summed E-state index contributed by atoms with van der Waals surface area (Å²) >= 11 is 1.64. The molecule has 5 heteroatoms. The van der Waals surface area contributed by atoms with Gasteiger partial charge in [0.25, 0.3) is 0 Å². The molecular weight excluding hydrogens is 380 g/mol. The van der Waals surface area contributed by atoms with E-state index in [0.29, 0.717) is 24.5 Å². The summed E-state index contributed by atoms with van der Waals surface area (Å²) in [4.78, 5) is 27.7. The number of thioether (sulfide) groups is 1. The molecule has 2 amide bonds. The maximum atomic E-state index is 13.2. The third kappa shape index (κ3) is 6.10. The maximum Gasteiger partial charge on any atom is 0.244 e. The first-order valence-corrected chi connectivity index (χ1v) is 11.3. The van der Waals surface area contributed by atoms with E-state index in [1.807, 2.05) is 48.5 Å². The lowest BCUT2D eigenvalue weighted by atomic mass is 9.91. The van der Waals surface area contributed by atoms with Gasteiger partial charge < -0.3 is 10.2 Å². The molecule has 1 aliphatic rings. The molecular formula is C24H30N2O2S. The summed E-state index contributed by atoms with van der Waals surface area (Å²) in [6.07, 6.45) is 1.16. The number of hydrogen-bond donors (Lipinski definition) is 1. The molecule has 0 spiro atoms. The van der Waals surface area contributed by atoms with Crippen LogP contribution in [0.15, 0.2) is 60.7 Å². The fourth-order valence-corrected chi connectivity index (χ4v) is 4.70. The molecule has 4 nitrogen and oxygen atoms in total. The number of rotatable bonds is 6. The molecule has 0 saturated carbocycles. The van der Waals surface area contributed by atoms with Crippen molar-refractivity contribution in [1.29, 1.82) is 0 Å². The number of amides is 2. The van der Waals surface area contributed by atoms with Gasteiger partial charge in [-0.1, -0.05) is 81.4 Å². The quantitative estimate of drug-likeness (QED) is 0.767. The molecule has 2 atom stereocenters. The van der Waals surface area contributed by atoms with Gasteiger partial charge in [-0.25, -0.2) is 0 Å². The number of hydrogen-bond acceptors (Lipinski definition) is 3. The lowest BCUT2D eigenvalue weighted by molar-refractivity contribution is -0.139. The topological polar surface area (TPSA) is 49.4 Å². The second-order valence-electron chi connectivity index (χ2n) is 8.78. The number of nitrogens with zero attached hydrogens (tertiary/aromatic N) is 1. The summed E-state index contributed by atoms with van der Waals surface area (Å²) in [5.41, 5.74) is 2.15. The van der Waals surface area contributed by atoms with Crippen LogP contribution in [0, 0.1) is 5.41 Å². The van der Waals surface area contributed by atoms with Crippen molar-refractivity contribution in [3.63, 3.8) is 0 Å². The van der Waals surface area contributed by atoms with Crippen molar-refractivity contribution in [3.05, 3.63) is 71.8 Å². The summed E-state index contributed by atoms with van der Waals surface area (Å²) < 4.78 is 0. The molecule has 0 radical (unpaired) electrons. The van der Waals surface area contributed by atoms with Crippen molar-refractivity contribution in [2.45, 2.75) is 45.7 Å². The van der Waals surface area contributed by atoms with Crippen molar-refractivity contribution >= 4 is 23.6 Å². The number of carbonyl (C=O) groups excluding carboxylic acids is 2. The Morgan fingerprint density at radius 2 is 1.69 bits per heavy atom. The van der Waals surface area contributed by atoms with Gasteiger partial charge in [-0.05, 0) is 23.0 Å². The average molecular weight is 411 g/mol. The van der Waals surface area contributed by atoms with Crippen LogP contribution in [0.3, 0.4) is 0 Å². The minimum Gasteiger partial charge on any atom is -0.347 e. The highest BCUT2D eigenvalue weighted by atomic mass is 32.2. The van der Waals surface area contributed by atoms with E-state index in [-0.39, 0.29) is 23.3 Å². The van der Waals surface area contributed by atoms with Crippen LogP contribution in [0.2, 0.25) is 0 Å². The van der Waals surface area contributed by atoms with E-state index in [2.05, 4.69) is 38.2 Å². The van der Waals surface area contributed by atoms with Gasteiger partial charge in [0.15, 0.2) is 0 Å². The zero-order valence-electron chi connectivity index (χ0n) is 17.4. The Labute approximate surface area is 178 Å². The molecule has 0 unspecified atom stereocenters. The third-order valence-corrected chi connectivity index (χ3v) is 6.00. The molecule has 154 valence electrons. The van der Waals surface area contributed by atoms with Gasteiger partial charge >= 0.3 is 0 Å². The standard InChI is InChI=1S/C24H30N2O2S/c1-24(2,3)15-22(27)26-17-29-16-21(26)23(28)25-20(19-12-8-5-9-13-19)14-18-10-6-4-7-11-18/h4-13,20-21H,14-17H2,1-3H3,(H,25,28)/t20-,21+/m0/s1. The van der Waals surface area contributed by atoms with Crippen LogP contribution in [-0.2, 0) is 16.0 Å². The largest absolute Gasteiger partial charge is 0.347 e. The van der Waals surface area contributed by atoms with Gasteiger partial charge in [-0.2, -0.15) is 0 Å². The SMILES string of the molecule is CC(C)(C)CC(=O)N1CSC[C@@H]1C(=O)N[C@@H](Cc1ccccc1)c1ccccc1. The van der Waals surface area contributed by atoms with E-state index in [0.717, 1.165) is 5.56 Å². The molecule has 1 heterocycles. The molecule has 1 fully saturated rings. The third-order valence-electron chi connectivity index (χ3n) is 4.99. The van der Waals surface area contributed by atoms with Crippen LogP contribution >= 0.6 is 11.8 Å². The fourth-order valence-electron chi connectivity index (χ4n) is 3.52. The van der Waals surface area contributed by atoms with Crippen LogP contribution in [0.4, 0.5) is 0 Å². The molecule has 1 N–H and O–H groups in total. The summed E-state index contributed by atoms with van der Waals surface area (Å²) in [5, 5.41) is 3.23.